The highest BCUT2D eigenvalue weighted by atomic mass is 16.2. The van der Waals surface area contributed by atoms with E-state index in [0.717, 1.165) is 55.5 Å². The molecule has 0 spiro atoms. The van der Waals surface area contributed by atoms with Gasteiger partial charge in [-0.15, -0.1) is 0 Å². The molecule has 2 aromatic rings. The van der Waals surface area contributed by atoms with Crippen molar-refractivity contribution in [2.45, 2.75) is 51.9 Å². The molecule has 5 heteroatoms. The first-order chi connectivity index (χ1) is 15.6. The number of piperazine rings is 1. The third kappa shape index (κ3) is 6.12. The third-order valence-corrected chi connectivity index (χ3v) is 6.84. The second kappa shape index (κ2) is 10.7. The van der Waals surface area contributed by atoms with Crippen molar-refractivity contribution in [1.82, 2.24) is 4.90 Å². The van der Waals surface area contributed by atoms with E-state index in [4.69, 9.17) is 0 Å². The summed E-state index contributed by atoms with van der Waals surface area (Å²) in [6.07, 6.45) is 7.31. The number of nitrogens with zero attached hydrogens (tertiary/aromatic N) is 2. The van der Waals surface area contributed by atoms with Crippen molar-refractivity contribution in [3.8, 4) is 0 Å². The third-order valence-electron chi connectivity index (χ3n) is 6.84. The van der Waals surface area contributed by atoms with Gasteiger partial charge in [-0.3, -0.25) is 9.59 Å². The van der Waals surface area contributed by atoms with Gasteiger partial charge in [-0.05, 0) is 49.1 Å². The minimum Gasteiger partial charge on any atom is -0.368 e. The maximum absolute atomic E-state index is 12.7. The molecule has 5 nitrogen and oxygen atoms in total. The standard InChI is InChI=1S/C27H35N3O2/c1-21-5-4-8-23(19-21)20-27(32)30-17-15-29(16-18-30)25-12-10-24(11-13-25)28-26(31)14-9-22-6-2-3-7-22/h4-5,8,10-13,19,22H,2-3,6-7,9,14-18,20H2,1H3,(H,28,31). The van der Waals surface area contributed by atoms with Crippen LogP contribution in [0.2, 0.25) is 0 Å². The van der Waals surface area contributed by atoms with Gasteiger partial charge in [0.05, 0.1) is 6.42 Å². The molecule has 2 aliphatic rings. The summed E-state index contributed by atoms with van der Waals surface area (Å²) in [5, 5.41) is 3.03. The maximum Gasteiger partial charge on any atom is 0.227 e. The summed E-state index contributed by atoms with van der Waals surface area (Å²) >= 11 is 0. The van der Waals surface area contributed by atoms with Crippen LogP contribution in [-0.2, 0) is 16.0 Å². The van der Waals surface area contributed by atoms with Crippen molar-refractivity contribution in [3.05, 3.63) is 59.7 Å². The molecule has 1 N–H and O–H groups in total. The first kappa shape index (κ1) is 22.4. The van der Waals surface area contributed by atoms with Gasteiger partial charge in [0.1, 0.15) is 0 Å². The topological polar surface area (TPSA) is 52.7 Å². The van der Waals surface area contributed by atoms with E-state index in [-0.39, 0.29) is 11.8 Å². The zero-order valence-corrected chi connectivity index (χ0v) is 19.2. The fourth-order valence-corrected chi connectivity index (χ4v) is 4.94. The van der Waals surface area contributed by atoms with E-state index in [1.165, 1.54) is 31.2 Å². The average Bonchev–Trinajstić information content (AvgIpc) is 3.32. The lowest BCUT2D eigenvalue weighted by atomic mass is 10.0. The summed E-state index contributed by atoms with van der Waals surface area (Å²) in [6.45, 7) is 5.19. The molecule has 0 bridgehead atoms. The van der Waals surface area contributed by atoms with E-state index in [2.05, 4.69) is 41.4 Å². The Hall–Kier alpha value is -2.82. The molecule has 1 aliphatic carbocycles. The molecule has 1 heterocycles. The summed E-state index contributed by atoms with van der Waals surface area (Å²) in [7, 11) is 0. The van der Waals surface area contributed by atoms with E-state index < -0.39 is 0 Å². The van der Waals surface area contributed by atoms with Crippen molar-refractivity contribution < 1.29 is 9.59 Å². The highest BCUT2D eigenvalue weighted by molar-refractivity contribution is 5.90. The Labute approximate surface area is 191 Å². The lowest BCUT2D eigenvalue weighted by Crippen LogP contribution is -2.49. The molecule has 32 heavy (non-hydrogen) atoms. The summed E-state index contributed by atoms with van der Waals surface area (Å²) < 4.78 is 0. The van der Waals surface area contributed by atoms with Crippen LogP contribution in [-0.4, -0.2) is 42.9 Å². The maximum atomic E-state index is 12.7. The number of benzene rings is 2. The molecule has 170 valence electrons. The largest absolute Gasteiger partial charge is 0.368 e. The van der Waals surface area contributed by atoms with Gasteiger partial charge in [-0.1, -0.05) is 55.5 Å². The van der Waals surface area contributed by atoms with Crippen LogP contribution in [0.4, 0.5) is 11.4 Å². The van der Waals surface area contributed by atoms with E-state index in [0.29, 0.717) is 12.8 Å². The molecule has 1 saturated carbocycles. The smallest absolute Gasteiger partial charge is 0.227 e. The van der Waals surface area contributed by atoms with Gasteiger partial charge in [0.15, 0.2) is 0 Å². The summed E-state index contributed by atoms with van der Waals surface area (Å²) in [5.41, 5.74) is 4.27. The lowest BCUT2D eigenvalue weighted by molar-refractivity contribution is -0.130. The second-order valence-corrected chi connectivity index (χ2v) is 9.32. The minimum atomic E-state index is 0.116. The SMILES string of the molecule is Cc1cccc(CC(=O)N2CCN(c3ccc(NC(=O)CCC4CCCC4)cc3)CC2)c1. The highest BCUT2D eigenvalue weighted by Crippen LogP contribution is 2.28. The Bertz CT molecular complexity index is 911. The monoisotopic (exact) mass is 433 g/mol. The van der Waals surface area contributed by atoms with Crippen LogP contribution in [0.3, 0.4) is 0 Å². The predicted octanol–water partition coefficient (Wildman–Crippen LogP) is 4.80. The number of anilines is 2. The minimum absolute atomic E-state index is 0.116. The number of carbonyl (C=O) groups is 2. The number of hydrogen-bond acceptors (Lipinski definition) is 3. The normalized spacial score (nSPS) is 16.9. The Morgan fingerprint density at radius 3 is 2.38 bits per heavy atom. The molecule has 4 rings (SSSR count). The molecule has 1 aliphatic heterocycles. The van der Waals surface area contributed by atoms with E-state index in [9.17, 15) is 9.59 Å². The quantitative estimate of drug-likeness (QED) is 0.683. The number of nitrogens with one attached hydrogen (secondary N) is 1. The predicted molar refractivity (Wildman–Crippen MR) is 130 cm³/mol. The van der Waals surface area contributed by atoms with Crippen LogP contribution in [0, 0.1) is 12.8 Å². The molecule has 0 unspecified atom stereocenters. The van der Waals surface area contributed by atoms with Gasteiger partial charge in [-0.2, -0.15) is 0 Å². The highest BCUT2D eigenvalue weighted by Gasteiger charge is 2.21. The van der Waals surface area contributed by atoms with Crippen LogP contribution < -0.4 is 10.2 Å². The average molecular weight is 434 g/mol. The lowest BCUT2D eigenvalue weighted by Gasteiger charge is -2.36. The molecule has 0 aromatic heterocycles. The number of rotatable bonds is 7. The summed E-state index contributed by atoms with van der Waals surface area (Å²) in [5.74, 6) is 1.06. The van der Waals surface area contributed by atoms with E-state index in [1.54, 1.807) is 0 Å². The zero-order chi connectivity index (χ0) is 22.3. The van der Waals surface area contributed by atoms with Crippen LogP contribution in [0.1, 0.15) is 49.7 Å². The van der Waals surface area contributed by atoms with Crippen molar-refractivity contribution in [1.29, 1.82) is 0 Å². The molecule has 0 radical (unpaired) electrons. The van der Waals surface area contributed by atoms with Gasteiger partial charge < -0.3 is 15.1 Å². The number of carbonyl (C=O) groups excluding carboxylic acids is 2. The Balaban J connectivity index is 1.22. The molecule has 2 fully saturated rings. The van der Waals surface area contributed by atoms with E-state index >= 15 is 0 Å². The van der Waals surface area contributed by atoms with Gasteiger partial charge in [-0.25, -0.2) is 0 Å². The van der Waals surface area contributed by atoms with E-state index in [1.807, 2.05) is 29.2 Å². The van der Waals surface area contributed by atoms with Gasteiger partial charge in [0, 0.05) is 44.0 Å². The van der Waals surface area contributed by atoms with Crippen molar-refractivity contribution in [2.24, 2.45) is 5.92 Å². The molecule has 1 saturated heterocycles. The Kier molecular flexibility index (Phi) is 7.46. The fraction of sp³-hybridized carbons (Fsp3) is 0.481. The fourth-order valence-electron chi connectivity index (χ4n) is 4.94. The van der Waals surface area contributed by atoms with Crippen LogP contribution in [0.25, 0.3) is 0 Å². The van der Waals surface area contributed by atoms with Crippen molar-refractivity contribution in [2.75, 3.05) is 36.4 Å². The molecular formula is C27H35N3O2. The van der Waals surface area contributed by atoms with Crippen molar-refractivity contribution in [3.63, 3.8) is 0 Å². The molecule has 2 aromatic carbocycles. The summed E-state index contributed by atoms with van der Waals surface area (Å²) in [4.78, 5) is 29.2. The number of amides is 2. The van der Waals surface area contributed by atoms with Crippen LogP contribution >= 0.6 is 0 Å². The van der Waals surface area contributed by atoms with Crippen molar-refractivity contribution >= 4 is 23.2 Å². The van der Waals surface area contributed by atoms with Gasteiger partial charge >= 0.3 is 0 Å². The van der Waals surface area contributed by atoms with Crippen LogP contribution in [0.5, 0.6) is 0 Å². The number of hydrogen-bond donors (Lipinski definition) is 1. The van der Waals surface area contributed by atoms with Crippen LogP contribution in [0.15, 0.2) is 48.5 Å². The molecular weight excluding hydrogens is 398 g/mol. The second-order valence-electron chi connectivity index (χ2n) is 9.32. The number of aryl methyl sites for hydroxylation is 1. The molecule has 0 atom stereocenters. The molecule has 2 amide bonds. The first-order valence-electron chi connectivity index (χ1n) is 12.0. The first-order valence-corrected chi connectivity index (χ1v) is 12.0. The summed E-state index contributed by atoms with van der Waals surface area (Å²) in [6, 6.07) is 16.3. The Morgan fingerprint density at radius 2 is 1.69 bits per heavy atom. The van der Waals surface area contributed by atoms with Gasteiger partial charge in [0.2, 0.25) is 11.8 Å². The van der Waals surface area contributed by atoms with Gasteiger partial charge in [0.25, 0.3) is 0 Å². The Morgan fingerprint density at radius 1 is 0.969 bits per heavy atom. The zero-order valence-electron chi connectivity index (χ0n) is 19.2.